The monoisotopic (exact) mass is 416 g/mol. The zero-order valence-corrected chi connectivity index (χ0v) is 16.7. The number of hydrogen-bond donors (Lipinski definition) is 0. The Morgan fingerprint density at radius 2 is 1.38 bits per heavy atom. The van der Waals surface area contributed by atoms with Crippen molar-refractivity contribution in [2.24, 2.45) is 0 Å². The van der Waals surface area contributed by atoms with Crippen molar-refractivity contribution >= 4 is 29.1 Å². The van der Waals surface area contributed by atoms with Gasteiger partial charge in [-0.15, -0.1) is 11.3 Å². The largest absolute Gasteiger partial charge is 0.334 e. The Kier molecular flexibility index (Phi) is 5.57. The molecule has 1 aromatic carbocycles. The number of carbonyl (C=O) groups is 3. The lowest BCUT2D eigenvalue weighted by Crippen LogP contribution is -2.54. The van der Waals surface area contributed by atoms with Gasteiger partial charge >= 0.3 is 11.8 Å². The summed E-state index contributed by atoms with van der Waals surface area (Å²) in [5.74, 6) is -1.44. The summed E-state index contributed by atoms with van der Waals surface area (Å²) in [5, 5.41) is 2.34. The molecule has 152 valence electrons. The third kappa shape index (κ3) is 4.14. The molecule has 0 N–H and O–H groups in total. The molecular formula is C20H21FN4O3S. The van der Waals surface area contributed by atoms with E-state index < -0.39 is 11.8 Å². The van der Waals surface area contributed by atoms with Crippen molar-refractivity contribution in [1.29, 1.82) is 0 Å². The molecule has 3 heterocycles. The molecule has 0 unspecified atom stereocenters. The van der Waals surface area contributed by atoms with Crippen molar-refractivity contribution in [3.8, 4) is 10.6 Å². The van der Waals surface area contributed by atoms with E-state index in [1.807, 2.05) is 0 Å². The number of likely N-dealkylation sites (tertiary alicyclic amines) is 1. The number of halogens is 1. The number of carbonyl (C=O) groups excluding carboxylic acids is 3. The highest BCUT2D eigenvalue weighted by Gasteiger charge is 2.32. The second-order valence-corrected chi connectivity index (χ2v) is 7.99. The molecule has 29 heavy (non-hydrogen) atoms. The van der Waals surface area contributed by atoms with Crippen LogP contribution in [0.25, 0.3) is 10.6 Å². The van der Waals surface area contributed by atoms with Crippen LogP contribution in [-0.2, 0) is 9.59 Å². The Morgan fingerprint density at radius 1 is 0.828 bits per heavy atom. The summed E-state index contributed by atoms with van der Waals surface area (Å²) in [6.45, 7) is 2.67. The number of nitrogens with zero attached hydrogens (tertiary/aromatic N) is 4. The molecule has 0 bridgehead atoms. The molecule has 1 aromatic heterocycles. The summed E-state index contributed by atoms with van der Waals surface area (Å²) in [5.41, 5.74) is 1.09. The highest BCUT2D eigenvalue weighted by molar-refractivity contribution is 7.13. The van der Waals surface area contributed by atoms with Gasteiger partial charge in [0, 0.05) is 50.2 Å². The van der Waals surface area contributed by atoms with Crippen LogP contribution in [0.2, 0.25) is 0 Å². The van der Waals surface area contributed by atoms with Crippen LogP contribution in [0.5, 0.6) is 0 Å². The summed E-state index contributed by atoms with van der Waals surface area (Å²) in [7, 11) is 0. The van der Waals surface area contributed by atoms with Crippen LogP contribution >= 0.6 is 11.3 Å². The fourth-order valence-corrected chi connectivity index (χ4v) is 4.36. The zero-order valence-electron chi connectivity index (χ0n) is 15.8. The maximum Gasteiger partial charge on any atom is 0.312 e. The molecule has 3 amide bonds. The van der Waals surface area contributed by atoms with Gasteiger partial charge in [-0.25, -0.2) is 9.37 Å². The summed E-state index contributed by atoms with van der Waals surface area (Å²) in [6, 6.07) is 5.98. The van der Waals surface area contributed by atoms with Crippen LogP contribution in [-0.4, -0.2) is 76.7 Å². The Morgan fingerprint density at radius 3 is 2.00 bits per heavy atom. The number of piperazine rings is 1. The Hall–Kier alpha value is -2.81. The standard InChI is InChI=1S/C20H21FN4O3S/c21-15-5-3-14(4-6-15)17-22-16(13-29-17)18(26)24-9-11-25(12-10-24)20(28)19(27)23-7-1-2-8-23/h3-6,13H,1-2,7-12H2. The van der Waals surface area contributed by atoms with Crippen molar-refractivity contribution in [3.05, 3.63) is 41.2 Å². The molecule has 2 aromatic rings. The van der Waals surface area contributed by atoms with Crippen LogP contribution in [0.3, 0.4) is 0 Å². The van der Waals surface area contributed by atoms with E-state index in [1.165, 1.54) is 28.4 Å². The summed E-state index contributed by atoms with van der Waals surface area (Å²) in [6.07, 6.45) is 1.88. The van der Waals surface area contributed by atoms with Gasteiger partial charge in [0.05, 0.1) is 0 Å². The number of thiazole rings is 1. The highest BCUT2D eigenvalue weighted by atomic mass is 32.1. The topological polar surface area (TPSA) is 73.8 Å². The lowest BCUT2D eigenvalue weighted by molar-refractivity contribution is -0.152. The first-order valence-electron chi connectivity index (χ1n) is 9.62. The lowest BCUT2D eigenvalue weighted by Gasteiger charge is -2.34. The molecular weight excluding hydrogens is 395 g/mol. The van der Waals surface area contributed by atoms with Crippen LogP contribution in [0, 0.1) is 5.82 Å². The van der Waals surface area contributed by atoms with E-state index >= 15 is 0 Å². The Bertz CT molecular complexity index is 916. The van der Waals surface area contributed by atoms with Crippen molar-refractivity contribution in [2.75, 3.05) is 39.3 Å². The number of amides is 3. The summed E-state index contributed by atoms with van der Waals surface area (Å²) < 4.78 is 13.1. The molecule has 4 rings (SSSR count). The van der Waals surface area contributed by atoms with E-state index in [1.54, 1.807) is 27.3 Å². The first kappa shape index (κ1) is 19.5. The van der Waals surface area contributed by atoms with Crippen molar-refractivity contribution in [1.82, 2.24) is 19.7 Å². The van der Waals surface area contributed by atoms with Crippen LogP contribution < -0.4 is 0 Å². The minimum atomic E-state index is -0.480. The predicted molar refractivity (Wildman–Crippen MR) is 106 cm³/mol. The van der Waals surface area contributed by atoms with Crippen molar-refractivity contribution in [3.63, 3.8) is 0 Å². The van der Waals surface area contributed by atoms with E-state index in [0.717, 1.165) is 18.4 Å². The second-order valence-electron chi connectivity index (χ2n) is 7.13. The number of aromatic nitrogens is 1. The van der Waals surface area contributed by atoms with Crippen LogP contribution in [0.4, 0.5) is 4.39 Å². The van der Waals surface area contributed by atoms with E-state index in [4.69, 9.17) is 0 Å². The molecule has 7 nitrogen and oxygen atoms in total. The van der Waals surface area contributed by atoms with E-state index in [0.29, 0.717) is 50.0 Å². The number of rotatable bonds is 2. The fraction of sp³-hybridized carbons (Fsp3) is 0.400. The van der Waals surface area contributed by atoms with Crippen LogP contribution in [0.1, 0.15) is 23.3 Å². The van der Waals surface area contributed by atoms with Gasteiger partial charge in [-0.3, -0.25) is 14.4 Å². The smallest absolute Gasteiger partial charge is 0.312 e. The average Bonchev–Trinajstić information content (AvgIpc) is 3.45. The molecule has 0 atom stereocenters. The van der Waals surface area contributed by atoms with Gasteiger partial charge in [-0.05, 0) is 37.1 Å². The first-order valence-corrected chi connectivity index (χ1v) is 10.5. The summed E-state index contributed by atoms with van der Waals surface area (Å²) >= 11 is 1.33. The van der Waals surface area contributed by atoms with E-state index in [-0.39, 0.29) is 11.7 Å². The number of hydrogen-bond acceptors (Lipinski definition) is 5. The quantitative estimate of drug-likeness (QED) is 0.701. The zero-order chi connectivity index (χ0) is 20.4. The van der Waals surface area contributed by atoms with Crippen molar-refractivity contribution < 1.29 is 18.8 Å². The van der Waals surface area contributed by atoms with Crippen LogP contribution in [0.15, 0.2) is 29.6 Å². The normalized spacial score (nSPS) is 16.9. The maximum atomic E-state index is 13.1. The molecule has 2 saturated heterocycles. The van der Waals surface area contributed by atoms with E-state index in [2.05, 4.69) is 4.98 Å². The molecule has 0 radical (unpaired) electrons. The SMILES string of the molecule is O=C(C(=O)N1CCN(C(=O)c2csc(-c3ccc(F)cc3)n2)CC1)N1CCCC1. The Balaban J connectivity index is 1.35. The van der Waals surface area contributed by atoms with Gasteiger partial charge in [-0.2, -0.15) is 0 Å². The predicted octanol–water partition coefficient (Wildman–Crippen LogP) is 1.86. The van der Waals surface area contributed by atoms with E-state index in [9.17, 15) is 18.8 Å². The van der Waals surface area contributed by atoms with Gasteiger partial charge in [0.1, 0.15) is 16.5 Å². The van der Waals surface area contributed by atoms with Gasteiger partial charge in [0.2, 0.25) is 0 Å². The van der Waals surface area contributed by atoms with Gasteiger partial charge in [0.15, 0.2) is 0 Å². The van der Waals surface area contributed by atoms with Gasteiger partial charge in [-0.1, -0.05) is 0 Å². The van der Waals surface area contributed by atoms with Gasteiger partial charge < -0.3 is 14.7 Å². The minimum Gasteiger partial charge on any atom is -0.334 e. The fourth-order valence-electron chi connectivity index (χ4n) is 3.56. The lowest BCUT2D eigenvalue weighted by atomic mass is 10.2. The Labute approximate surface area is 171 Å². The minimum absolute atomic E-state index is 0.201. The molecule has 2 aliphatic rings. The molecule has 0 spiro atoms. The summed E-state index contributed by atoms with van der Waals surface area (Å²) in [4.78, 5) is 46.6. The molecule has 0 aliphatic carbocycles. The maximum absolute atomic E-state index is 13.1. The first-order chi connectivity index (χ1) is 14.0. The molecule has 9 heteroatoms. The number of benzene rings is 1. The molecule has 0 saturated carbocycles. The third-order valence-corrected chi connectivity index (χ3v) is 6.14. The van der Waals surface area contributed by atoms with Crippen molar-refractivity contribution in [2.45, 2.75) is 12.8 Å². The average molecular weight is 416 g/mol. The highest BCUT2D eigenvalue weighted by Crippen LogP contribution is 2.24. The molecule has 2 fully saturated rings. The second kappa shape index (κ2) is 8.28. The van der Waals surface area contributed by atoms with Gasteiger partial charge in [0.25, 0.3) is 5.91 Å². The third-order valence-electron chi connectivity index (χ3n) is 5.24. The molecule has 2 aliphatic heterocycles.